The molecule has 0 spiro atoms. The lowest BCUT2D eigenvalue weighted by molar-refractivity contribution is 0.261. The molecular weight excluding hydrogens is 360 g/mol. The molecule has 2 aliphatic rings. The molecule has 0 N–H and O–H groups in total. The Morgan fingerprint density at radius 1 is 0.967 bits per heavy atom. The van der Waals surface area contributed by atoms with Crippen molar-refractivity contribution in [1.29, 1.82) is 0 Å². The van der Waals surface area contributed by atoms with Crippen LogP contribution in [0.3, 0.4) is 0 Å². The average Bonchev–Trinajstić information content (AvgIpc) is 3.24. The minimum Gasteiger partial charge on any atom is -0.0998 e. The van der Waals surface area contributed by atoms with Crippen LogP contribution in [0.4, 0.5) is 0 Å². The Bertz CT molecular complexity index is 1040. The van der Waals surface area contributed by atoms with Gasteiger partial charge in [0.05, 0.1) is 0 Å². The molecule has 0 unspecified atom stereocenters. The standard InChI is InChI=1S/C30H34/c1-6-30(7-2)19-22(5)29-18-27(14-15-28(29)20-30)26-13-12-25(17-26)24-10-8-23(9-11-24)16-21(3)4/h8-12,14-15,17-18H,3,5-7,13,16,19-20H2,1-2,4H3. The maximum absolute atomic E-state index is 4.47. The third-order valence-electron chi connectivity index (χ3n) is 7.18. The second-order valence-corrected chi connectivity index (χ2v) is 9.40. The minimum atomic E-state index is 0.406. The minimum absolute atomic E-state index is 0.406. The lowest BCUT2D eigenvalue weighted by Crippen LogP contribution is -2.26. The summed E-state index contributed by atoms with van der Waals surface area (Å²) in [6.45, 7) is 15.2. The van der Waals surface area contributed by atoms with E-state index in [0.29, 0.717) is 5.41 Å². The zero-order chi connectivity index (χ0) is 21.3. The van der Waals surface area contributed by atoms with E-state index in [1.165, 1.54) is 69.4 Å². The third kappa shape index (κ3) is 4.01. The van der Waals surface area contributed by atoms with Gasteiger partial charge < -0.3 is 0 Å². The van der Waals surface area contributed by atoms with Gasteiger partial charge in [-0.2, -0.15) is 0 Å². The van der Waals surface area contributed by atoms with Gasteiger partial charge in [-0.3, -0.25) is 0 Å². The molecule has 0 saturated heterocycles. The van der Waals surface area contributed by atoms with E-state index in [-0.39, 0.29) is 0 Å². The van der Waals surface area contributed by atoms with Crippen molar-refractivity contribution >= 4 is 16.7 Å². The first-order valence-electron chi connectivity index (χ1n) is 11.4. The Morgan fingerprint density at radius 3 is 2.33 bits per heavy atom. The fourth-order valence-corrected chi connectivity index (χ4v) is 5.12. The first kappa shape index (κ1) is 20.7. The van der Waals surface area contributed by atoms with Gasteiger partial charge in [0.25, 0.3) is 0 Å². The Balaban J connectivity index is 1.56. The predicted molar refractivity (Wildman–Crippen MR) is 132 cm³/mol. The van der Waals surface area contributed by atoms with Crippen LogP contribution in [0.25, 0.3) is 16.7 Å². The number of hydrogen-bond donors (Lipinski definition) is 0. The largest absolute Gasteiger partial charge is 0.0998 e. The van der Waals surface area contributed by atoms with Crippen molar-refractivity contribution in [1.82, 2.24) is 0 Å². The molecule has 30 heavy (non-hydrogen) atoms. The SMILES string of the molecule is C=C(C)Cc1ccc(C2=CCC(c3ccc4c(c3)C(=C)CC(CC)(CC)C4)=C2)cc1. The van der Waals surface area contributed by atoms with Crippen LogP contribution in [0.15, 0.2) is 73.3 Å². The topological polar surface area (TPSA) is 0 Å². The average molecular weight is 395 g/mol. The zero-order valence-corrected chi connectivity index (χ0v) is 18.9. The number of fused-ring (bicyclic) bond motifs is 1. The van der Waals surface area contributed by atoms with Gasteiger partial charge in [-0.25, -0.2) is 0 Å². The number of rotatable bonds is 6. The summed E-state index contributed by atoms with van der Waals surface area (Å²) >= 11 is 0. The number of hydrogen-bond acceptors (Lipinski definition) is 0. The second-order valence-electron chi connectivity index (χ2n) is 9.40. The molecule has 0 heteroatoms. The molecule has 0 saturated carbocycles. The zero-order valence-electron chi connectivity index (χ0n) is 18.9. The maximum atomic E-state index is 4.47. The summed E-state index contributed by atoms with van der Waals surface area (Å²) in [4.78, 5) is 0. The lowest BCUT2D eigenvalue weighted by Gasteiger charge is -2.38. The molecule has 0 fully saturated rings. The normalized spacial score (nSPS) is 17.4. The molecular formula is C30H34. The van der Waals surface area contributed by atoms with Crippen molar-refractivity contribution in [2.24, 2.45) is 5.41 Å². The van der Waals surface area contributed by atoms with Crippen molar-refractivity contribution in [2.75, 3.05) is 0 Å². The van der Waals surface area contributed by atoms with Gasteiger partial charge in [0, 0.05) is 0 Å². The van der Waals surface area contributed by atoms with E-state index in [1.807, 2.05) is 0 Å². The van der Waals surface area contributed by atoms with Crippen LogP contribution >= 0.6 is 0 Å². The van der Waals surface area contributed by atoms with Crippen LogP contribution < -0.4 is 0 Å². The summed E-state index contributed by atoms with van der Waals surface area (Å²) in [6.07, 6.45) is 11.5. The van der Waals surface area contributed by atoms with E-state index < -0.39 is 0 Å². The van der Waals surface area contributed by atoms with Crippen molar-refractivity contribution in [3.63, 3.8) is 0 Å². The van der Waals surface area contributed by atoms with Crippen molar-refractivity contribution < 1.29 is 0 Å². The molecule has 4 rings (SSSR count). The van der Waals surface area contributed by atoms with Crippen LogP contribution in [0.2, 0.25) is 0 Å². The summed E-state index contributed by atoms with van der Waals surface area (Å²) in [6, 6.07) is 16.0. The highest BCUT2D eigenvalue weighted by molar-refractivity contribution is 5.90. The molecule has 2 aromatic rings. The smallest absolute Gasteiger partial charge is 0.00726 e. The van der Waals surface area contributed by atoms with Crippen LogP contribution in [0.1, 0.15) is 74.3 Å². The second kappa shape index (κ2) is 8.26. The Labute approximate surface area is 182 Å². The molecule has 0 aliphatic heterocycles. The highest BCUT2D eigenvalue weighted by Crippen LogP contribution is 2.46. The first-order valence-corrected chi connectivity index (χ1v) is 11.4. The molecule has 0 nitrogen and oxygen atoms in total. The summed E-state index contributed by atoms with van der Waals surface area (Å²) in [5, 5.41) is 0. The fraction of sp³-hybridized carbons (Fsp3) is 0.333. The molecule has 0 amide bonds. The molecule has 0 aromatic heterocycles. The van der Waals surface area contributed by atoms with E-state index in [0.717, 1.165) is 19.3 Å². The third-order valence-corrected chi connectivity index (χ3v) is 7.18. The van der Waals surface area contributed by atoms with E-state index in [1.54, 1.807) is 0 Å². The lowest BCUT2D eigenvalue weighted by atomic mass is 9.66. The van der Waals surface area contributed by atoms with E-state index in [4.69, 9.17) is 0 Å². The van der Waals surface area contributed by atoms with E-state index >= 15 is 0 Å². The van der Waals surface area contributed by atoms with Gasteiger partial charge in [-0.15, -0.1) is 0 Å². The summed E-state index contributed by atoms with van der Waals surface area (Å²) in [5.41, 5.74) is 12.5. The highest BCUT2D eigenvalue weighted by atomic mass is 14.4. The summed E-state index contributed by atoms with van der Waals surface area (Å²) in [7, 11) is 0. The van der Waals surface area contributed by atoms with Gasteiger partial charge >= 0.3 is 0 Å². The van der Waals surface area contributed by atoms with Gasteiger partial charge in [-0.1, -0.05) is 81.1 Å². The Morgan fingerprint density at radius 2 is 1.67 bits per heavy atom. The van der Waals surface area contributed by atoms with Crippen molar-refractivity contribution in [2.45, 2.75) is 59.3 Å². The van der Waals surface area contributed by atoms with Crippen molar-refractivity contribution in [3.8, 4) is 0 Å². The predicted octanol–water partition coefficient (Wildman–Crippen LogP) is 8.44. The van der Waals surface area contributed by atoms with Gasteiger partial charge in [0.1, 0.15) is 0 Å². The van der Waals surface area contributed by atoms with E-state index in [2.05, 4.69) is 88.5 Å². The molecule has 0 bridgehead atoms. The molecule has 0 radical (unpaired) electrons. The number of benzene rings is 2. The number of allylic oxidation sites excluding steroid dienone is 6. The Kier molecular flexibility index (Phi) is 5.69. The van der Waals surface area contributed by atoms with Crippen LogP contribution in [-0.2, 0) is 12.8 Å². The van der Waals surface area contributed by atoms with Crippen LogP contribution in [0.5, 0.6) is 0 Å². The molecule has 2 aromatic carbocycles. The van der Waals surface area contributed by atoms with E-state index in [9.17, 15) is 0 Å². The first-order chi connectivity index (χ1) is 14.4. The van der Waals surface area contributed by atoms with Gasteiger partial charge in [-0.05, 0) is 101 Å². The molecule has 2 aliphatic carbocycles. The van der Waals surface area contributed by atoms with Gasteiger partial charge in [0.15, 0.2) is 0 Å². The Hall–Kier alpha value is -2.60. The van der Waals surface area contributed by atoms with Crippen LogP contribution in [-0.4, -0.2) is 0 Å². The quantitative estimate of drug-likeness (QED) is 0.431. The summed E-state index contributed by atoms with van der Waals surface area (Å²) in [5.74, 6) is 0. The molecule has 0 heterocycles. The fourth-order valence-electron chi connectivity index (χ4n) is 5.12. The maximum Gasteiger partial charge on any atom is -0.00726 e. The highest BCUT2D eigenvalue weighted by Gasteiger charge is 2.33. The monoisotopic (exact) mass is 394 g/mol. The van der Waals surface area contributed by atoms with Crippen molar-refractivity contribution in [3.05, 3.63) is 101 Å². The van der Waals surface area contributed by atoms with Gasteiger partial charge in [0.2, 0.25) is 0 Å². The van der Waals surface area contributed by atoms with Crippen LogP contribution in [0, 0.1) is 5.41 Å². The summed E-state index contributed by atoms with van der Waals surface area (Å²) < 4.78 is 0. The molecule has 0 atom stereocenters. The molecule has 154 valence electrons.